The lowest BCUT2D eigenvalue weighted by molar-refractivity contribution is 0.410. The van der Waals surface area contributed by atoms with Crippen LogP contribution in [0.3, 0.4) is 0 Å². The van der Waals surface area contributed by atoms with Crippen molar-refractivity contribution >= 4 is 16.9 Å². The van der Waals surface area contributed by atoms with E-state index in [9.17, 15) is 0 Å². The Morgan fingerprint density at radius 3 is 2.48 bits per heavy atom. The second-order valence-corrected chi connectivity index (χ2v) is 7.98. The largest absolute Gasteiger partial charge is 0.496 e. The summed E-state index contributed by atoms with van der Waals surface area (Å²) in [6.45, 7) is 4.06. The minimum absolute atomic E-state index is 0.596. The van der Waals surface area contributed by atoms with E-state index in [2.05, 4.69) is 68.8 Å². The molecule has 0 saturated carbocycles. The second-order valence-electron chi connectivity index (χ2n) is 7.98. The third kappa shape index (κ3) is 4.69. The summed E-state index contributed by atoms with van der Waals surface area (Å²) in [7, 11) is 1.69. The summed E-state index contributed by atoms with van der Waals surface area (Å²) in [6, 6.07) is 16.6. The van der Waals surface area contributed by atoms with E-state index >= 15 is 0 Å². The highest BCUT2D eigenvalue weighted by Crippen LogP contribution is 2.23. The average Bonchev–Trinajstić information content (AvgIpc) is 3.49. The van der Waals surface area contributed by atoms with Crippen LogP contribution in [0.5, 0.6) is 5.75 Å². The van der Waals surface area contributed by atoms with E-state index in [0.29, 0.717) is 18.7 Å². The van der Waals surface area contributed by atoms with Gasteiger partial charge in [-0.15, -0.1) is 0 Å². The molecule has 0 aliphatic rings. The van der Waals surface area contributed by atoms with Gasteiger partial charge in [-0.2, -0.15) is 10.2 Å². The van der Waals surface area contributed by atoms with Crippen molar-refractivity contribution in [3.63, 3.8) is 0 Å². The SMILES string of the molecule is COc1cc(C)ccc1CNc1ncnc2nn(Cc3ccc(Cn4cccn4)cc3)cc12. The van der Waals surface area contributed by atoms with Gasteiger partial charge in [0.25, 0.3) is 0 Å². The third-order valence-corrected chi connectivity index (χ3v) is 5.52. The summed E-state index contributed by atoms with van der Waals surface area (Å²) in [5, 5.41) is 13.2. The van der Waals surface area contributed by atoms with E-state index in [4.69, 9.17) is 4.74 Å². The van der Waals surface area contributed by atoms with E-state index in [1.54, 1.807) is 19.6 Å². The van der Waals surface area contributed by atoms with Gasteiger partial charge in [0, 0.05) is 30.7 Å². The molecule has 0 aliphatic heterocycles. The lowest BCUT2D eigenvalue weighted by atomic mass is 10.1. The van der Waals surface area contributed by atoms with Crippen LogP contribution >= 0.6 is 0 Å². The molecule has 0 unspecified atom stereocenters. The monoisotopic (exact) mass is 439 g/mol. The van der Waals surface area contributed by atoms with E-state index in [0.717, 1.165) is 34.6 Å². The Morgan fingerprint density at radius 2 is 1.76 bits per heavy atom. The Bertz CT molecular complexity index is 1360. The van der Waals surface area contributed by atoms with Gasteiger partial charge in [0.15, 0.2) is 5.65 Å². The molecule has 0 bridgehead atoms. The van der Waals surface area contributed by atoms with Crippen LogP contribution in [-0.4, -0.2) is 36.6 Å². The maximum absolute atomic E-state index is 5.52. The van der Waals surface area contributed by atoms with Gasteiger partial charge >= 0.3 is 0 Å². The fraction of sp³-hybridized carbons (Fsp3) is 0.200. The molecule has 0 atom stereocenters. The van der Waals surface area contributed by atoms with Gasteiger partial charge in [0.2, 0.25) is 0 Å². The number of aryl methyl sites for hydroxylation is 1. The minimum atomic E-state index is 0.596. The maximum atomic E-state index is 5.52. The lowest BCUT2D eigenvalue weighted by Gasteiger charge is -2.11. The van der Waals surface area contributed by atoms with Crippen LogP contribution in [0.4, 0.5) is 5.82 Å². The summed E-state index contributed by atoms with van der Waals surface area (Å²) < 4.78 is 9.33. The molecule has 5 aromatic rings. The van der Waals surface area contributed by atoms with Crippen LogP contribution < -0.4 is 10.1 Å². The first-order valence-corrected chi connectivity index (χ1v) is 10.8. The summed E-state index contributed by atoms with van der Waals surface area (Å²) in [5.41, 5.74) is 5.27. The summed E-state index contributed by atoms with van der Waals surface area (Å²) in [6.07, 6.45) is 7.28. The van der Waals surface area contributed by atoms with Crippen molar-refractivity contribution in [2.24, 2.45) is 0 Å². The standard InChI is InChI=1S/C25H25N7O/c1-18-4-9-21(23(12-18)33-2)13-26-24-22-16-32(30-25(22)28-17-27-24)15-20-7-5-19(6-8-20)14-31-11-3-10-29-31/h3-12,16-17H,13-15H2,1-2H3,(H,26,27,28,30). The number of nitrogens with zero attached hydrogens (tertiary/aromatic N) is 6. The first-order valence-electron chi connectivity index (χ1n) is 10.8. The first-order chi connectivity index (χ1) is 16.2. The highest BCUT2D eigenvalue weighted by molar-refractivity contribution is 5.85. The molecule has 5 rings (SSSR count). The van der Waals surface area contributed by atoms with Crippen LogP contribution in [0, 0.1) is 6.92 Å². The van der Waals surface area contributed by atoms with Gasteiger partial charge in [-0.1, -0.05) is 36.4 Å². The number of anilines is 1. The molecule has 0 saturated heterocycles. The summed E-state index contributed by atoms with van der Waals surface area (Å²) in [4.78, 5) is 8.78. The van der Waals surface area contributed by atoms with E-state index < -0.39 is 0 Å². The third-order valence-electron chi connectivity index (χ3n) is 5.52. The molecular weight excluding hydrogens is 414 g/mol. The number of methoxy groups -OCH3 is 1. The van der Waals surface area contributed by atoms with Crippen molar-refractivity contribution in [3.05, 3.63) is 95.7 Å². The zero-order valence-electron chi connectivity index (χ0n) is 18.6. The number of hydrogen-bond donors (Lipinski definition) is 1. The lowest BCUT2D eigenvalue weighted by Crippen LogP contribution is -2.04. The Labute approximate surface area is 191 Å². The second kappa shape index (κ2) is 9.12. The number of nitrogens with one attached hydrogen (secondary N) is 1. The van der Waals surface area contributed by atoms with Crippen LogP contribution in [0.2, 0.25) is 0 Å². The number of rotatable bonds is 8. The Morgan fingerprint density at radius 1 is 0.970 bits per heavy atom. The van der Waals surface area contributed by atoms with E-state index in [1.165, 1.54) is 11.1 Å². The smallest absolute Gasteiger partial charge is 0.186 e. The number of benzene rings is 2. The highest BCUT2D eigenvalue weighted by atomic mass is 16.5. The first kappa shape index (κ1) is 20.7. The van der Waals surface area contributed by atoms with Gasteiger partial charge < -0.3 is 10.1 Å². The molecule has 0 spiro atoms. The van der Waals surface area contributed by atoms with Crippen molar-refractivity contribution in [3.8, 4) is 5.75 Å². The molecule has 8 nitrogen and oxygen atoms in total. The number of ether oxygens (including phenoxy) is 1. The molecule has 3 heterocycles. The molecular formula is C25H25N7O. The molecule has 8 heteroatoms. The summed E-state index contributed by atoms with van der Waals surface area (Å²) >= 11 is 0. The number of fused-ring (bicyclic) bond motifs is 1. The average molecular weight is 440 g/mol. The van der Waals surface area contributed by atoms with E-state index in [1.807, 2.05) is 33.9 Å². The Hall–Kier alpha value is -4.20. The zero-order valence-corrected chi connectivity index (χ0v) is 18.6. The van der Waals surface area contributed by atoms with Gasteiger partial charge in [-0.05, 0) is 35.7 Å². The van der Waals surface area contributed by atoms with Gasteiger partial charge in [-0.25, -0.2) is 9.97 Å². The fourth-order valence-electron chi connectivity index (χ4n) is 3.80. The fourth-order valence-corrected chi connectivity index (χ4v) is 3.80. The van der Waals surface area contributed by atoms with Crippen LogP contribution in [0.1, 0.15) is 22.3 Å². The molecule has 0 radical (unpaired) electrons. The minimum Gasteiger partial charge on any atom is -0.496 e. The number of aromatic nitrogens is 6. The molecule has 166 valence electrons. The zero-order chi connectivity index (χ0) is 22.6. The molecule has 1 N–H and O–H groups in total. The number of hydrogen-bond acceptors (Lipinski definition) is 6. The van der Waals surface area contributed by atoms with Crippen LogP contribution in [-0.2, 0) is 19.6 Å². The normalized spacial score (nSPS) is 11.1. The molecule has 0 fully saturated rings. The molecule has 0 aliphatic carbocycles. The predicted molar refractivity (Wildman–Crippen MR) is 127 cm³/mol. The van der Waals surface area contributed by atoms with E-state index in [-0.39, 0.29) is 0 Å². The molecule has 3 aromatic heterocycles. The van der Waals surface area contributed by atoms with Crippen LogP contribution in [0.15, 0.2) is 73.4 Å². The van der Waals surface area contributed by atoms with Gasteiger partial charge in [0.05, 0.1) is 25.6 Å². The van der Waals surface area contributed by atoms with Crippen LogP contribution in [0.25, 0.3) is 11.0 Å². The molecule has 33 heavy (non-hydrogen) atoms. The molecule has 0 amide bonds. The molecule has 2 aromatic carbocycles. The Balaban J connectivity index is 1.30. The summed E-state index contributed by atoms with van der Waals surface area (Å²) in [5.74, 6) is 1.61. The predicted octanol–water partition coefficient (Wildman–Crippen LogP) is 4.05. The highest BCUT2D eigenvalue weighted by Gasteiger charge is 2.10. The maximum Gasteiger partial charge on any atom is 0.186 e. The van der Waals surface area contributed by atoms with Crippen molar-refractivity contribution in [1.29, 1.82) is 0 Å². The van der Waals surface area contributed by atoms with Gasteiger partial charge in [0.1, 0.15) is 17.9 Å². The van der Waals surface area contributed by atoms with Crippen molar-refractivity contribution in [2.45, 2.75) is 26.6 Å². The van der Waals surface area contributed by atoms with Crippen molar-refractivity contribution in [1.82, 2.24) is 29.5 Å². The van der Waals surface area contributed by atoms with Crippen molar-refractivity contribution in [2.75, 3.05) is 12.4 Å². The van der Waals surface area contributed by atoms with Gasteiger partial charge in [-0.3, -0.25) is 9.36 Å². The van der Waals surface area contributed by atoms with Crippen molar-refractivity contribution < 1.29 is 4.74 Å². The topological polar surface area (TPSA) is 82.7 Å². The quantitative estimate of drug-likeness (QED) is 0.393. The Kier molecular flexibility index (Phi) is 5.72.